The minimum atomic E-state index is -0.100. The summed E-state index contributed by atoms with van der Waals surface area (Å²) in [5, 5.41) is 4.00. The molecule has 2 unspecified atom stereocenters. The lowest BCUT2D eigenvalue weighted by Gasteiger charge is -2.32. The number of halogens is 2. The molecule has 2 fully saturated rings. The van der Waals surface area contributed by atoms with E-state index in [9.17, 15) is 4.79 Å². The highest BCUT2D eigenvalue weighted by Crippen LogP contribution is 2.31. The number of piperazine rings is 1. The van der Waals surface area contributed by atoms with Gasteiger partial charge in [-0.25, -0.2) is 0 Å². The van der Waals surface area contributed by atoms with Gasteiger partial charge in [-0.15, -0.1) is 24.2 Å². The number of carbonyl (C=O) groups is 1. The Kier molecular flexibility index (Phi) is 7.69. The van der Waals surface area contributed by atoms with Gasteiger partial charge in [0.25, 0.3) is 0 Å². The van der Waals surface area contributed by atoms with Gasteiger partial charge in [-0.3, -0.25) is 9.69 Å². The maximum atomic E-state index is 12.7. The second kappa shape index (κ2) is 9.30. The SMILES string of the molecule is CC(Sc1ccccc1Cl)C(=O)N1CCC(N2CCNCC2)C1.Cl. The first kappa shape index (κ1) is 19.9. The van der Waals surface area contributed by atoms with Gasteiger partial charge in [0.1, 0.15) is 0 Å². The molecule has 0 bridgehead atoms. The number of rotatable bonds is 4. The Morgan fingerprint density at radius 1 is 1.29 bits per heavy atom. The van der Waals surface area contributed by atoms with Gasteiger partial charge in [-0.2, -0.15) is 0 Å². The highest BCUT2D eigenvalue weighted by Gasteiger charge is 2.32. The molecule has 2 saturated heterocycles. The molecule has 134 valence electrons. The molecule has 0 aromatic heterocycles. The van der Waals surface area contributed by atoms with Gasteiger partial charge in [0.15, 0.2) is 0 Å². The van der Waals surface area contributed by atoms with Gasteiger partial charge in [0.05, 0.1) is 10.3 Å². The first-order valence-electron chi connectivity index (χ1n) is 8.30. The van der Waals surface area contributed by atoms with Crippen molar-refractivity contribution in [2.75, 3.05) is 39.3 Å². The van der Waals surface area contributed by atoms with Crippen molar-refractivity contribution in [2.45, 2.75) is 29.5 Å². The van der Waals surface area contributed by atoms with Gasteiger partial charge in [-0.1, -0.05) is 23.7 Å². The largest absolute Gasteiger partial charge is 0.340 e. The number of benzene rings is 1. The molecule has 7 heteroatoms. The van der Waals surface area contributed by atoms with Crippen LogP contribution in [0.15, 0.2) is 29.2 Å². The lowest BCUT2D eigenvalue weighted by Crippen LogP contribution is -2.49. The fourth-order valence-electron chi connectivity index (χ4n) is 3.33. The standard InChI is InChI=1S/C17H24ClN3OS.ClH/c1-13(23-16-5-3-2-4-15(16)18)17(22)21-9-6-14(12-21)20-10-7-19-8-11-20;/h2-5,13-14,19H,6-12H2,1H3;1H. The summed E-state index contributed by atoms with van der Waals surface area (Å²) in [5.74, 6) is 0.229. The number of hydrogen-bond acceptors (Lipinski definition) is 4. The van der Waals surface area contributed by atoms with Crippen LogP contribution in [0, 0.1) is 0 Å². The highest BCUT2D eigenvalue weighted by atomic mass is 35.5. The minimum Gasteiger partial charge on any atom is -0.340 e. The summed E-state index contributed by atoms with van der Waals surface area (Å²) >= 11 is 7.75. The van der Waals surface area contributed by atoms with E-state index >= 15 is 0 Å². The molecular formula is C17H25Cl2N3OS. The van der Waals surface area contributed by atoms with Crippen LogP contribution in [0.25, 0.3) is 0 Å². The van der Waals surface area contributed by atoms with E-state index in [0.717, 1.165) is 55.6 Å². The first-order chi connectivity index (χ1) is 11.1. The summed E-state index contributed by atoms with van der Waals surface area (Å²) in [6.07, 6.45) is 1.09. The van der Waals surface area contributed by atoms with Crippen LogP contribution in [0.4, 0.5) is 0 Å². The van der Waals surface area contributed by atoms with E-state index in [0.29, 0.717) is 6.04 Å². The maximum absolute atomic E-state index is 12.7. The Labute approximate surface area is 159 Å². The molecule has 1 aromatic rings. The van der Waals surface area contributed by atoms with Crippen molar-refractivity contribution in [1.82, 2.24) is 15.1 Å². The Balaban J connectivity index is 0.00000208. The maximum Gasteiger partial charge on any atom is 0.235 e. The number of nitrogens with zero attached hydrogens (tertiary/aromatic N) is 2. The van der Waals surface area contributed by atoms with E-state index in [1.165, 1.54) is 0 Å². The molecule has 0 radical (unpaired) electrons. The molecule has 2 heterocycles. The molecule has 24 heavy (non-hydrogen) atoms. The first-order valence-corrected chi connectivity index (χ1v) is 9.55. The third-order valence-electron chi connectivity index (χ3n) is 4.63. The number of nitrogens with one attached hydrogen (secondary N) is 1. The van der Waals surface area contributed by atoms with E-state index in [-0.39, 0.29) is 23.6 Å². The van der Waals surface area contributed by atoms with Crippen molar-refractivity contribution in [3.05, 3.63) is 29.3 Å². The molecule has 2 aliphatic rings. The van der Waals surface area contributed by atoms with Crippen LogP contribution in [0.2, 0.25) is 5.02 Å². The number of likely N-dealkylation sites (tertiary alicyclic amines) is 1. The van der Waals surface area contributed by atoms with Crippen molar-refractivity contribution in [3.8, 4) is 0 Å². The Hall–Kier alpha value is -0.460. The number of amides is 1. The van der Waals surface area contributed by atoms with Crippen molar-refractivity contribution < 1.29 is 4.79 Å². The molecule has 1 amide bonds. The van der Waals surface area contributed by atoms with Gasteiger partial charge in [0.2, 0.25) is 5.91 Å². The van der Waals surface area contributed by atoms with Crippen LogP contribution >= 0.6 is 35.8 Å². The van der Waals surface area contributed by atoms with Crippen molar-refractivity contribution in [2.24, 2.45) is 0 Å². The van der Waals surface area contributed by atoms with Crippen LogP contribution in [0.5, 0.6) is 0 Å². The highest BCUT2D eigenvalue weighted by molar-refractivity contribution is 8.00. The summed E-state index contributed by atoms with van der Waals surface area (Å²) in [4.78, 5) is 18.3. The fraction of sp³-hybridized carbons (Fsp3) is 0.588. The third-order valence-corrected chi connectivity index (χ3v) is 6.24. The van der Waals surface area contributed by atoms with E-state index in [2.05, 4.69) is 10.2 Å². The Bertz CT molecular complexity index is 554. The lowest BCUT2D eigenvalue weighted by atomic mass is 10.2. The molecule has 2 aliphatic heterocycles. The number of carbonyl (C=O) groups excluding carboxylic acids is 1. The van der Waals surface area contributed by atoms with Crippen molar-refractivity contribution in [3.63, 3.8) is 0 Å². The molecular weight excluding hydrogens is 365 g/mol. The van der Waals surface area contributed by atoms with Gasteiger partial charge in [0, 0.05) is 50.2 Å². The van der Waals surface area contributed by atoms with Crippen LogP contribution in [0.1, 0.15) is 13.3 Å². The average Bonchev–Trinajstić information content (AvgIpc) is 3.07. The fourth-order valence-corrected chi connectivity index (χ4v) is 4.56. The molecule has 1 N–H and O–H groups in total. The molecule has 4 nitrogen and oxygen atoms in total. The Morgan fingerprint density at radius 3 is 2.71 bits per heavy atom. The van der Waals surface area contributed by atoms with Crippen LogP contribution < -0.4 is 5.32 Å². The quantitative estimate of drug-likeness (QED) is 0.802. The summed E-state index contributed by atoms with van der Waals surface area (Å²) in [5.41, 5.74) is 0. The molecule has 2 atom stereocenters. The summed E-state index contributed by atoms with van der Waals surface area (Å²) in [6.45, 7) is 8.03. The van der Waals surface area contributed by atoms with E-state index in [4.69, 9.17) is 11.6 Å². The summed E-state index contributed by atoms with van der Waals surface area (Å²) in [6, 6.07) is 8.25. The monoisotopic (exact) mass is 389 g/mol. The molecule has 3 rings (SSSR count). The van der Waals surface area contributed by atoms with E-state index < -0.39 is 0 Å². The van der Waals surface area contributed by atoms with Crippen LogP contribution in [-0.4, -0.2) is 66.3 Å². The van der Waals surface area contributed by atoms with Crippen molar-refractivity contribution in [1.29, 1.82) is 0 Å². The van der Waals surface area contributed by atoms with Gasteiger partial charge < -0.3 is 10.2 Å². The normalized spacial score (nSPS) is 22.9. The zero-order valence-electron chi connectivity index (χ0n) is 13.9. The topological polar surface area (TPSA) is 35.6 Å². The second-order valence-corrected chi connectivity index (χ2v) is 7.99. The van der Waals surface area contributed by atoms with E-state index in [1.807, 2.05) is 36.1 Å². The number of hydrogen-bond donors (Lipinski definition) is 1. The lowest BCUT2D eigenvalue weighted by molar-refractivity contribution is -0.129. The predicted molar refractivity (Wildman–Crippen MR) is 103 cm³/mol. The smallest absolute Gasteiger partial charge is 0.235 e. The van der Waals surface area contributed by atoms with Crippen molar-refractivity contribution >= 4 is 41.7 Å². The zero-order valence-corrected chi connectivity index (χ0v) is 16.3. The van der Waals surface area contributed by atoms with E-state index in [1.54, 1.807) is 11.8 Å². The average molecular weight is 390 g/mol. The molecule has 0 saturated carbocycles. The molecule has 0 spiro atoms. The van der Waals surface area contributed by atoms with Gasteiger partial charge in [-0.05, 0) is 25.5 Å². The minimum absolute atomic E-state index is 0. The van der Waals surface area contributed by atoms with Crippen LogP contribution in [-0.2, 0) is 4.79 Å². The van der Waals surface area contributed by atoms with Crippen LogP contribution in [0.3, 0.4) is 0 Å². The molecule has 1 aromatic carbocycles. The third kappa shape index (κ3) is 4.79. The zero-order chi connectivity index (χ0) is 16.2. The molecule has 0 aliphatic carbocycles. The summed E-state index contributed by atoms with van der Waals surface area (Å²) in [7, 11) is 0. The Morgan fingerprint density at radius 2 is 2.00 bits per heavy atom. The van der Waals surface area contributed by atoms with Gasteiger partial charge >= 0.3 is 0 Å². The predicted octanol–water partition coefficient (Wildman–Crippen LogP) is 2.75. The number of thioether (sulfide) groups is 1. The second-order valence-electron chi connectivity index (χ2n) is 6.20. The summed E-state index contributed by atoms with van der Waals surface area (Å²) < 4.78 is 0.